The molecule has 0 aliphatic carbocycles. The third kappa shape index (κ3) is 3.86. The van der Waals surface area contributed by atoms with Crippen LogP contribution >= 0.6 is 11.6 Å². The SMILES string of the molecule is O=C(NCc1nnc(C2CCCOC2)o1)c1ccc(F)cc1Cl. The van der Waals surface area contributed by atoms with Gasteiger partial charge in [0.2, 0.25) is 11.8 Å². The summed E-state index contributed by atoms with van der Waals surface area (Å²) >= 11 is 5.85. The van der Waals surface area contributed by atoms with Crippen molar-refractivity contribution in [2.45, 2.75) is 25.3 Å². The van der Waals surface area contributed by atoms with E-state index >= 15 is 0 Å². The molecular weight excluding hydrogens is 325 g/mol. The van der Waals surface area contributed by atoms with Gasteiger partial charge in [-0.25, -0.2) is 4.39 Å². The molecule has 1 aromatic heterocycles. The van der Waals surface area contributed by atoms with Crippen molar-refractivity contribution < 1.29 is 18.3 Å². The molecule has 0 radical (unpaired) electrons. The van der Waals surface area contributed by atoms with Crippen LogP contribution in [0.5, 0.6) is 0 Å². The number of rotatable bonds is 4. The van der Waals surface area contributed by atoms with E-state index in [4.69, 9.17) is 20.8 Å². The first-order valence-corrected chi connectivity index (χ1v) is 7.64. The van der Waals surface area contributed by atoms with Gasteiger partial charge in [0.05, 0.1) is 29.7 Å². The van der Waals surface area contributed by atoms with Crippen LogP contribution in [0, 0.1) is 5.82 Å². The summed E-state index contributed by atoms with van der Waals surface area (Å²) in [4.78, 5) is 12.0. The third-order valence-electron chi connectivity index (χ3n) is 3.57. The maximum Gasteiger partial charge on any atom is 0.253 e. The quantitative estimate of drug-likeness (QED) is 0.926. The summed E-state index contributed by atoms with van der Waals surface area (Å²) in [6, 6.07) is 3.59. The van der Waals surface area contributed by atoms with Crippen molar-refractivity contribution in [3.05, 3.63) is 46.4 Å². The molecular formula is C15H15ClFN3O3. The number of amides is 1. The Kier molecular flexibility index (Phi) is 4.88. The highest BCUT2D eigenvalue weighted by molar-refractivity contribution is 6.33. The van der Waals surface area contributed by atoms with Gasteiger partial charge < -0.3 is 14.5 Å². The largest absolute Gasteiger partial charge is 0.423 e. The summed E-state index contributed by atoms with van der Waals surface area (Å²) in [5.74, 6) is -0.00305. The van der Waals surface area contributed by atoms with Crippen LogP contribution < -0.4 is 5.32 Å². The molecule has 1 aliphatic heterocycles. The van der Waals surface area contributed by atoms with Crippen LogP contribution in [0.1, 0.15) is 40.9 Å². The molecule has 3 rings (SSSR count). The number of carbonyl (C=O) groups excluding carboxylic acids is 1. The Balaban J connectivity index is 1.59. The summed E-state index contributed by atoms with van der Waals surface area (Å²) in [5.41, 5.74) is 0.188. The van der Waals surface area contributed by atoms with Gasteiger partial charge in [-0.05, 0) is 31.0 Å². The Morgan fingerprint density at radius 2 is 2.30 bits per heavy atom. The first-order valence-electron chi connectivity index (χ1n) is 7.27. The molecule has 122 valence electrons. The molecule has 2 aromatic rings. The molecule has 23 heavy (non-hydrogen) atoms. The van der Waals surface area contributed by atoms with E-state index in [1.54, 1.807) is 0 Å². The average molecular weight is 340 g/mol. The van der Waals surface area contributed by atoms with Gasteiger partial charge in [0, 0.05) is 6.61 Å². The Hall–Kier alpha value is -1.99. The van der Waals surface area contributed by atoms with Gasteiger partial charge in [0.25, 0.3) is 5.91 Å². The number of hydrogen-bond donors (Lipinski definition) is 1. The van der Waals surface area contributed by atoms with Crippen molar-refractivity contribution in [2.75, 3.05) is 13.2 Å². The molecule has 1 aliphatic rings. The summed E-state index contributed by atoms with van der Waals surface area (Å²) in [6.07, 6.45) is 1.90. The number of nitrogens with zero attached hydrogens (tertiary/aromatic N) is 2. The molecule has 1 saturated heterocycles. The first kappa shape index (κ1) is 15.9. The van der Waals surface area contributed by atoms with E-state index in [9.17, 15) is 9.18 Å². The van der Waals surface area contributed by atoms with E-state index in [0.29, 0.717) is 18.4 Å². The zero-order valence-electron chi connectivity index (χ0n) is 12.2. The number of aromatic nitrogens is 2. The summed E-state index contributed by atoms with van der Waals surface area (Å²) in [5, 5.41) is 10.6. The lowest BCUT2D eigenvalue weighted by Gasteiger charge is -2.18. The second kappa shape index (κ2) is 7.06. The van der Waals surface area contributed by atoms with Crippen molar-refractivity contribution in [1.82, 2.24) is 15.5 Å². The van der Waals surface area contributed by atoms with Gasteiger partial charge in [-0.2, -0.15) is 0 Å². The lowest BCUT2D eigenvalue weighted by molar-refractivity contribution is 0.0720. The molecule has 1 N–H and O–H groups in total. The predicted molar refractivity (Wildman–Crippen MR) is 79.7 cm³/mol. The molecule has 1 unspecified atom stereocenters. The zero-order chi connectivity index (χ0) is 16.2. The highest BCUT2D eigenvalue weighted by Gasteiger charge is 2.22. The molecule has 6 nitrogen and oxygen atoms in total. The smallest absolute Gasteiger partial charge is 0.253 e. The monoisotopic (exact) mass is 339 g/mol. The second-order valence-corrected chi connectivity index (χ2v) is 5.66. The number of halogens is 2. The average Bonchev–Trinajstić information content (AvgIpc) is 3.02. The van der Waals surface area contributed by atoms with Gasteiger partial charge in [-0.15, -0.1) is 10.2 Å². The Morgan fingerprint density at radius 3 is 3.04 bits per heavy atom. The van der Waals surface area contributed by atoms with E-state index in [1.807, 2.05) is 0 Å². The van der Waals surface area contributed by atoms with E-state index in [2.05, 4.69) is 15.5 Å². The summed E-state index contributed by atoms with van der Waals surface area (Å²) < 4.78 is 23.9. The third-order valence-corrected chi connectivity index (χ3v) is 3.88. The number of nitrogens with one attached hydrogen (secondary N) is 1. The molecule has 0 spiro atoms. The summed E-state index contributed by atoms with van der Waals surface area (Å²) in [7, 11) is 0. The van der Waals surface area contributed by atoms with E-state index in [1.165, 1.54) is 12.1 Å². The molecule has 0 bridgehead atoms. The minimum absolute atomic E-state index is 0.0491. The second-order valence-electron chi connectivity index (χ2n) is 5.25. The van der Waals surface area contributed by atoms with Crippen LogP contribution in [-0.4, -0.2) is 29.3 Å². The van der Waals surface area contributed by atoms with Crippen molar-refractivity contribution in [2.24, 2.45) is 0 Å². The van der Waals surface area contributed by atoms with Crippen LogP contribution in [-0.2, 0) is 11.3 Å². The first-order chi connectivity index (χ1) is 11.1. The highest BCUT2D eigenvalue weighted by Crippen LogP contribution is 2.24. The van der Waals surface area contributed by atoms with Crippen LogP contribution in [0.15, 0.2) is 22.6 Å². The van der Waals surface area contributed by atoms with Crippen molar-refractivity contribution >= 4 is 17.5 Å². The highest BCUT2D eigenvalue weighted by atomic mass is 35.5. The topological polar surface area (TPSA) is 77.2 Å². The number of carbonyl (C=O) groups is 1. The maximum absolute atomic E-state index is 13.0. The molecule has 1 aromatic carbocycles. The lowest BCUT2D eigenvalue weighted by Crippen LogP contribution is -2.23. The van der Waals surface area contributed by atoms with Gasteiger partial charge in [-0.1, -0.05) is 11.6 Å². The van der Waals surface area contributed by atoms with Crippen molar-refractivity contribution in [1.29, 1.82) is 0 Å². The molecule has 0 saturated carbocycles. The van der Waals surface area contributed by atoms with Crippen LogP contribution in [0.25, 0.3) is 0 Å². The fourth-order valence-electron chi connectivity index (χ4n) is 2.36. The minimum Gasteiger partial charge on any atom is -0.423 e. The maximum atomic E-state index is 13.0. The molecule has 1 amide bonds. The number of hydrogen-bond acceptors (Lipinski definition) is 5. The van der Waals surface area contributed by atoms with Gasteiger partial charge in [0.15, 0.2) is 0 Å². The van der Waals surface area contributed by atoms with E-state index in [-0.39, 0.29) is 23.0 Å². The Bertz CT molecular complexity index is 701. The van der Waals surface area contributed by atoms with Crippen molar-refractivity contribution in [3.8, 4) is 0 Å². The predicted octanol–water partition coefficient (Wildman–Crippen LogP) is 2.69. The van der Waals surface area contributed by atoms with Crippen LogP contribution in [0.2, 0.25) is 5.02 Å². The fourth-order valence-corrected chi connectivity index (χ4v) is 2.62. The summed E-state index contributed by atoms with van der Waals surface area (Å²) in [6.45, 7) is 1.40. The normalized spacial score (nSPS) is 17.9. The van der Waals surface area contributed by atoms with Gasteiger partial charge >= 0.3 is 0 Å². The fraction of sp³-hybridized carbons (Fsp3) is 0.400. The van der Waals surface area contributed by atoms with Gasteiger partial charge in [-0.3, -0.25) is 4.79 Å². The lowest BCUT2D eigenvalue weighted by atomic mass is 10.0. The van der Waals surface area contributed by atoms with E-state index in [0.717, 1.165) is 25.5 Å². The van der Waals surface area contributed by atoms with Crippen LogP contribution in [0.3, 0.4) is 0 Å². The van der Waals surface area contributed by atoms with Crippen LogP contribution in [0.4, 0.5) is 4.39 Å². The zero-order valence-corrected chi connectivity index (χ0v) is 13.0. The molecule has 8 heteroatoms. The molecule has 1 fully saturated rings. The Morgan fingerprint density at radius 1 is 1.43 bits per heavy atom. The number of ether oxygens (including phenoxy) is 1. The van der Waals surface area contributed by atoms with Gasteiger partial charge in [0.1, 0.15) is 5.82 Å². The standard InChI is InChI=1S/C15H15ClFN3O3/c16-12-6-10(17)3-4-11(12)14(21)18-7-13-19-20-15(23-13)9-2-1-5-22-8-9/h3-4,6,9H,1-2,5,7-8H2,(H,18,21). The molecule has 2 heterocycles. The molecule has 1 atom stereocenters. The van der Waals surface area contributed by atoms with E-state index < -0.39 is 11.7 Å². The van der Waals surface area contributed by atoms with Crippen molar-refractivity contribution in [3.63, 3.8) is 0 Å². The minimum atomic E-state index is -0.497. The number of benzene rings is 1. The Labute approximate surface area is 137 Å².